The Kier molecular flexibility index (Phi) is 4.94. The van der Waals surface area contributed by atoms with E-state index in [-0.39, 0.29) is 36.6 Å². The summed E-state index contributed by atoms with van der Waals surface area (Å²) in [4.78, 5) is 14.6. The van der Waals surface area contributed by atoms with Crippen molar-refractivity contribution in [3.05, 3.63) is 22.2 Å². The maximum atomic E-state index is 12.7. The Morgan fingerprint density at radius 1 is 1.41 bits per heavy atom. The van der Waals surface area contributed by atoms with Crippen LogP contribution in [0.1, 0.15) is 30.6 Å². The summed E-state index contributed by atoms with van der Waals surface area (Å²) in [5.74, 6) is 1.28. The zero-order chi connectivity index (χ0) is 15.2. The number of rotatable bonds is 1. The molecule has 0 saturated carbocycles. The second-order valence-corrected chi connectivity index (χ2v) is 7.16. The topological polar surface area (TPSA) is 64.8 Å². The fraction of sp³-hybridized carbons (Fsp3) is 0.533. The minimum Gasteiger partial charge on any atom is -0.454 e. The van der Waals surface area contributed by atoms with Gasteiger partial charge >= 0.3 is 0 Å². The van der Waals surface area contributed by atoms with Gasteiger partial charge in [0.2, 0.25) is 6.79 Å². The lowest BCUT2D eigenvalue weighted by molar-refractivity contribution is 0.0532. The molecule has 1 unspecified atom stereocenters. The van der Waals surface area contributed by atoms with E-state index < -0.39 is 0 Å². The van der Waals surface area contributed by atoms with Crippen LogP contribution in [0.5, 0.6) is 11.5 Å². The van der Waals surface area contributed by atoms with Gasteiger partial charge in [-0.25, -0.2) is 0 Å². The van der Waals surface area contributed by atoms with Gasteiger partial charge < -0.3 is 20.1 Å². The fourth-order valence-electron chi connectivity index (χ4n) is 2.82. The second kappa shape index (κ2) is 6.26. The standard InChI is InChI=1S/C15H19BrN2O3.ClH/c1-15(2)7-18(4-3-12(15)17)14(19)9-5-10(16)13-11(6-9)20-8-21-13;/h5-6,12H,3-4,7-8,17H2,1-2H3;1H. The van der Waals surface area contributed by atoms with E-state index in [4.69, 9.17) is 15.2 Å². The second-order valence-electron chi connectivity index (χ2n) is 6.30. The number of fused-ring (bicyclic) bond motifs is 1. The van der Waals surface area contributed by atoms with E-state index in [2.05, 4.69) is 29.8 Å². The molecule has 7 heteroatoms. The van der Waals surface area contributed by atoms with Crippen LogP contribution >= 0.6 is 28.3 Å². The first-order valence-corrected chi connectivity index (χ1v) is 7.82. The number of carbonyl (C=O) groups excluding carboxylic acids is 1. The van der Waals surface area contributed by atoms with Gasteiger partial charge in [-0.2, -0.15) is 0 Å². The minimum absolute atomic E-state index is 0. The monoisotopic (exact) mass is 390 g/mol. The van der Waals surface area contributed by atoms with E-state index in [1.54, 1.807) is 12.1 Å². The summed E-state index contributed by atoms with van der Waals surface area (Å²) in [6.45, 7) is 5.76. The van der Waals surface area contributed by atoms with Gasteiger partial charge in [0.05, 0.1) is 4.47 Å². The van der Waals surface area contributed by atoms with Gasteiger partial charge in [-0.15, -0.1) is 12.4 Å². The average Bonchev–Trinajstić information content (AvgIpc) is 2.90. The number of nitrogens with zero attached hydrogens (tertiary/aromatic N) is 1. The molecule has 2 aliphatic heterocycles. The van der Waals surface area contributed by atoms with Crippen LogP contribution in [0.3, 0.4) is 0 Å². The number of hydrogen-bond acceptors (Lipinski definition) is 4. The van der Waals surface area contributed by atoms with E-state index in [9.17, 15) is 4.79 Å². The Morgan fingerprint density at radius 2 is 2.14 bits per heavy atom. The molecule has 1 amide bonds. The highest BCUT2D eigenvalue weighted by Crippen LogP contribution is 2.40. The minimum atomic E-state index is -0.0680. The predicted molar refractivity (Wildman–Crippen MR) is 89.8 cm³/mol. The van der Waals surface area contributed by atoms with Crippen molar-refractivity contribution in [3.8, 4) is 11.5 Å². The number of halogens is 2. The number of likely N-dealkylation sites (tertiary alicyclic amines) is 1. The average molecular weight is 392 g/mol. The summed E-state index contributed by atoms with van der Waals surface area (Å²) in [5.41, 5.74) is 6.67. The van der Waals surface area contributed by atoms with Crippen LogP contribution in [0.4, 0.5) is 0 Å². The quantitative estimate of drug-likeness (QED) is 0.799. The van der Waals surface area contributed by atoms with E-state index in [1.807, 2.05) is 4.90 Å². The number of nitrogens with two attached hydrogens (primary N) is 1. The summed E-state index contributed by atoms with van der Waals surface area (Å²) < 4.78 is 11.5. The lowest BCUT2D eigenvalue weighted by Crippen LogP contribution is -2.54. The molecule has 1 fully saturated rings. The van der Waals surface area contributed by atoms with Crippen molar-refractivity contribution in [2.24, 2.45) is 11.1 Å². The van der Waals surface area contributed by atoms with Crippen LogP contribution in [0, 0.1) is 5.41 Å². The van der Waals surface area contributed by atoms with E-state index >= 15 is 0 Å². The highest BCUT2D eigenvalue weighted by Gasteiger charge is 2.36. The van der Waals surface area contributed by atoms with Crippen LogP contribution in [-0.4, -0.2) is 36.7 Å². The lowest BCUT2D eigenvalue weighted by Gasteiger charge is -2.42. The van der Waals surface area contributed by atoms with E-state index in [0.717, 1.165) is 10.9 Å². The first-order chi connectivity index (χ1) is 9.88. The molecule has 0 aromatic heterocycles. The molecule has 0 bridgehead atoms. The smallest absolute Gasteiger partial charge is 0.254 e. The molecule has 2 heterocycles. The molecule has 5 nitrogen and oxygen atoms in total. The van der Waals surface area contributed by atoms with Gasteiger partial charge in [0.25, 0.3) is 5.91 Å². The molecule has 3 rings (SSSR count). The zero-order valence-corrected chi connectivity index (χ0v) is 15.0. The van der Waals surface area contributed by atoms with Crippen LogP contribution in [-0.2, 0) is 0 Å². The summed E-state index contributed by atoms with van der Waals surface area (Å²) in [6, 6.07) is 3.67. The normalized spacial score (nSPS) is 22.2. The Morgan fingerprint density at radius 3 is 2.82 bits per heavy atom. The van der Waals surface area contributed by atoms with Gasteiger partial charge in [0.15, 0.2) is 11.5 Å². The summed E-state index contributed by atoms with van der Waals surface area (Å²) in [6.07, 6.45) is 0.824. The SMILES string of the molecule is CC1(C)CN(C(=O)c2cc(Br)c3c(c2)OCO3)CCC1N.Cl. The van der Waals surface area contributed by atoms with Gasteiger partial charge in [-0.05, 0) is 39.9 Å². The third-order valence-electron chi connectivity index (χ3n) is 4.27. The molecule has 1 aromatic carbocycles. The summed E-state index contributed by atoms with van der Waals surface area (Å²) in [5, 5.41) is 0. The highest BCUT2D eigenvalue weighted by molar-refractivity contribution is 9.10. The van der Waals surface area contributed by atoms with Crippen molar-refractivity contribution >= 4 is 34.2 Å². The third kappa shape index (κ3) is 3.05. The number of amides is 1. The van der Waals surface area contributed by atoms with Crippen LogP contribution in [0.2, 0.25) is 0 Å². The fourth-order valence-corrected chi connectivity index (χ4v) is 3.38. The summed E-state index contributed by atoms with van der Waals surface area (Å²) in [7, 11) is 0. The highest BCUT2D eigenvalue weighted by atomic mass is 79.9. The molecule has 22 heavy (non-hydrogen) atoms. The van der Waals surface area contributed by atoms with Crippen molar-refractivity contribution in [3.63, 3.8) is 0 Å². The molecule has 0 spiro atoms. The maximum Gasteiger partial charge on any atom is 0.254 e. The van der Waals surface area contributed by atoms with Crippen LogP contribution < -0.4 is 15.2 Å². The number of benzene rings is 1. The Labute approximate surface area is 144 Å². The lowest BCUT2D eigenvalue weighted by atomic mass is 9.79. The third-order valence-corrected chi connectivity index (χ3v) is 4.86. The molecule has 0 aliphatic carbocycles. The molecule has 1 aromatic rings. The number of carbonyl (C=O) groups is 1. The van der Waals surface area contributed by atoms with Crippen LogP contribution in [0.15, 0.2) is 16.6 Å². The molecule has 1 atom stereocenters. The first kappa shape index (κ1) is 17.4. The van der Waals surface area contributed by atoms with Gasteiger partial charge in [-0.3, -0.25) is 4.79 Å². The van der Waals surface area contributed by atoms with Crippen molar-refractivity contribution in [1.29, 1.82) is 0 Å². The molecule has 2 aliphatic rings. The Hall–Kier alpha value is -0.980. The predicted octanol–water partition coefficient (Wildman–Crippen LogP) is 2.80. The molecular formula is C15H20BrClN2O3. The number of ether oxygens (including phenoxy) is 2. The Bertz CT molecular complexity index is 594. The van der Waals surface area contributed by atoms with Gasteiger partial charge in [0.1, 0.15) is 0 Å². The van der Waals surface area contributed by atoms with Crippen molar-refractivity contribution < 1.29 is 14.3 Å². The number of piperidine rings is 1. The maximum absolute atomic E-state index is 12.7. The molecule has 2 N–H and O–H groups in total. The zero-order valence-electron chi connectivity index (χ0n) is 12.6. The van der Waals surface area contributed by atoms with Gasteiger partial charge in [-0.1, -0.05) is 13.8 Å². The molecule has 1 saturated heterocycles. The largest absolute Gasteiger partial charge is 0.454 e. The Balaban J connectivity index is 0.00000176. The van der Waals surface area contributed by atoms with E-state index in [0.29, 0.717) is 30.2 Å². The van der Waals surface area contributed by atoms with Crippen LogP contribution in [0.25, 0.3) is 0 Å². The molecule has 122 valence electrons. The van der Waals surface area contributed by atoms with Crippen molar-refractivity contribution in [2.45, 2.75) is 26.3 Å². The molecule has 0 radical (unpaired) electrons. The van der Waals surface area contributed by atoms with Gasteiger partial charge in [0, 0.05) is 24.7 Å². The summed E-state index contributed by atoms with van der Waals surface area (Å²) >= 11 is 3.43. The first-order valence-electron chi connectivity index (χ1n) is 7.02. The van der Waals surface area contributed by atoms with Crippen molar-refractivity contribution in [1.82, 2.24) is 4.90 Å². The number of hydrogen-bond donors (Lipinski definition) is 1. The van der Waals surface area contributed by atoms with Crippen molar-refractivity contribution in [2.75, 3.05) is 19.9 Å². The molecular weight excluding hydrogens is 372 g/mol. The van der Waals surface area contributed by atoms with E-state index in [1.165, 1.54) is 0 Å².